The highest BCUT2D eigenvalue weighted by molar-refractivity contribution is 7.53. The first-order chi connectivity index (χ1) is 5.02. The van der Waals surface area contributed by atoms with Crippen LogP contribution in [0.1, 0.15) is 20.3 Å². The Morgan fingerprint density at radius 1 is 1.73 bits per heavy atom. The van der Waals surface area contributed by atoms with Gasteiger partial charge in [-0.05, 0) is 13.3 Å². The molecular formula is C6H13O4P. The van der Waals surface area contributed by atoms with Crippen LogP contribution in [0.2, 0.25) is 0 Å². The summed E-state index contributed by atoms with van der Waals surface area (Å²) in [6.45, 7) is 3.53. The van der Waals surface area contributed by atoms with Crippen LogP contribution in [-0.4, -0.2) is 23.4 Å². The number of hydrogen-bond donors (Lipinski definition) is 1. The SMILES string of the molecule is CCC(C)OP(=O)(O)CC=O. The van der Waals surface area contributed by atoms with E-state index in [-0.39, 0.29) is 6.10 Å². The summed E-state index contributed by atoms with van der Waals surface area (Å²) in [7, 11) is -3.63. The highest BCUT2D eigenvalue weighted by atomic mass is 31.2. The minimum atomic E-state index is -3.63. The quantitative estimate of drug-likeness (QED) is 0.509. The molecule has 2 unspecified atom stereocenters. The van der Waals surface area contributed by atoms with Crippen molar-refractivity contribution in [3.63, 3.8) is 0 Å². The summed E-state index contributed by atoms with van der Waals surface area (Å²) in [5.41, 5.74) is 0. The van der Waals surface area contributed by atoms with E-state index >= 15 is 0 Å². The second-order valence-corrected chi connectivity index (χ2v) is 4.16. The van der Waals surface area contributed by atoms with Gasteiger partial charge in [0.05, 0.1) is 6.10 Å². The molecule has 11 heavy (non-hydrogen) atoms. The lowest BCUT2D eigenvalue weighted by Gasteiger charge is -2.13. The molecule has 4 nitrogen and oxygen atoms in total. The van der Waals surface area contributed by atoms with Crippen LogP contribution in [-0.2, 0) is 13.9 Å². The molecule has 0 bridgehead atoms. The van der Waals surface area contributed by atoms with Gasteiger partial charge in [-0.1, -0.05) is 6.92 Å². The first-order valence-corrected chi connectivity index (χ1v) is 5.22. The van der Waals surface area contributed by atoms with Gasteiger partial charge in [0.25, 0.3) is 0 Å². The number of carbonyl (C=O) groups excluding carboxylic acids is 1. The second-order valence-electron chi connectivity index (χ2n) is 2.31. The lowest BCUT2D eigenvalue weighted by atomic mass is 10.3. The highest BCUT2D eigenvalue weighted by Crippen LogP contribution is 2.42. The zero-order valence-electron chi connectivity index (χ0n) is 6.69. The molecule has 0 aromatic carbocycles. The Balaban J connectivity index is 3.90. The summed E-state index contributed by atoms with van der Waals surface area (Å²) in [6.07, 6.45) is 0.356. The Morgan fingerprint density at radius 3 is 2.64 bits per heavy atom. The van der Waals surface area contributed by atoms with Gasteiger partial charge in [0.2, 0.25) is 0 Å². The lowest BCUT2D eigenvalue weighted by Crippen LogP contribution is -2.06. The molecule has 0 amide bonds. The molecular weight excluding hydrogens is 167 g/mol. The van der Waals surface area contributed by atoms with Gasteiger partial charge in [-0.15, -0.1) is 0 Å². The Bertz CT molecular complexity index is 168. The van der Waals surface area contributed by atoms with Crippen molar-refractivity contribution < 1.29 is 18.8 Å². The van der Waals surface area contributed by atoms with Gasteiger partial charge in [0.15, 0.2) is 0 Å². The van der Waals surface area contributed by atoms with Crippen molar-refractivity contribution in [1.29, 1.82) is 0 Å². The van der Waals surface area contributed by atoms with Crippen LogP contribution in [0, 0.1) is 0 Å². The fourth-order valence-electron chi connectivity index (χ4n) is 0.493. The zero-order valence-corrected chi connectivity index (χ0v) is 7.58. The van der Waals surface area contributed by atoms with Crippen LogP contribution in [0.15, 0.2) is 0 Å². The summed E-state index contributed by atoms with van der Waals surface area (Å²) in [5, 5.41) is 0. The number of hydrogen-bond acceptors (Lipinski definition) is 3. The second kappa shape index (κ2) is 4.65. The molecule has 1 N–H and O–H groups in total. The Morgan fingerprint density at radius 2 is 2.27 bits per heavy atom. The Kier molecular flexibility index (Phi) is 4.57. The van der Waals surface area contributed by atoms with Crippen molar-refractivity contribution in [2.45, 2.75) is 26.4 Å². The number of rotatable bonds is 5. The Hall–Kier alpha value is -0.180. The molecule has 0 radical (unpaired) electrons. The Labute approximate surface area is 66.1 Å². The van der Waals surface area contributed by atoms with E-state index in [0.717, 1.165) is 0 Å². The van der Waals surface area contributed by atoms with Gasteiger partial charge in [0, 0.05) is 0 Å². The van der Waals surface area contributed by atoms with Gasteiger partial charge in [0.1, 0.15) is 12.4 Å². The molecule has 0 saturated carbocycles. The van der Waals surface area contributed by atoms with Gasteiger partial charge in [-0.25, -0.2) is 0 Å². The molecule has 0 heterocycles. The van der Waals surface area contributed by atoms with Gasteiger partial charge in [-0.2, -0.15) is 0 Å². The van der Waals surface area contributed by atoms with Crippen molar-refractivity contribution in [2.75, 3.05) is 6.16 Å². The van der Waals surface area contributed by atoms with E-state index in [1.165, 1.54) is 0 Å². The minimum absolute atomic E-state index is 0.272. The molecule has 0 aliphatic carbocycles. The molecule has 0 spiro atoms. The molecule has 0 aromatic rings. The first-order valence-electron chi connectivity index (χ1n) is 3.45. The van der Waals surface area contributed by atoms with Crippen molar-refractivity contribution in [3.8, 4) is 0 Å². The summed E-state index contributed by atoms with van der Waals surface area (Å²) in [4.78, 5) is 18.8. The third-order valence-electron chi connectivity index (χ3n) is 1.22. The van der Waals surface area contributed by atoms with Crippen molar-refractivity contribution in [1.82, 2.24) is 0 Å². The van der Waals surface area contributed by atoms with E-state index in [0.29, 0.717) is 12.7 Å². The summed E-state index contributed by atoms with van der Waals surface area (Å²) in [6, 6.07) is 0. The fourth-order valence-corrected chi connectivity index (χ4v) is 1.48. The lowest BCUT2D eigenvalue weighted by molar-refractivity contribution is -0.106. The number of carbonyl (C=O) groups is 1. The maximum absolute atomic E-state index is 10.9. The summed E-state index contributed by atoms with van der Waals surface area (Å²) in [5.74, 6) is 0. The third-order valence-corrected chi connectivity index (χ3v) is 2.52. The monoisotopic (exact) mass is 180 g/mol. The van der Waals surface area contributed by atoms with Crippen LogP contribution in [0.25, 0.3) is 0 Å². The van der Waals surface area contributed by atoms with Crippen molar-refractivity contribution in [2.24, 2.45) is 0 Å². The van der Waals surface area contributed by atoms with Crippen LogP contribution in [0.5, 0.6) is 0 Å². The average molecular weight is 180 g/mol. The van der Waals surface area contributed by atoms with Crippen LogP contribution >= 0.6 is 7.60 Å². The molecule has 0 rings (SSSR count). The maximum Gasteiger partial charge on any atom is 0.335 e. The molecule has 0 aliphatic heterocycles. The van der Waals surface area contributed by atoms with E-state index in [1.807, 2.05) is 6.92 Å². The van der Waals surface area contributed by atoms with E-state index in [2.05, 4.69) is 0 Å². The van der Waals surface area contributed by atoms with E-state index in [9.17, 15) is 9.36 Å². The molecule has 0 fully saturated rings. The third kappa shape index (κ3) is 5.13. The van der Waals surface area contributed by atoms with Crippen LogP contribution < -0.4 is 0 Å². The summed E-state index contributed by atoms with van der Waals surface area (Å²) >= 11 is 0. The topological polar surface area (TPSA) is 63.6 Å². The normalized spacial score (nSPS) is 18.8. The predicted molar refractivity (Wildman–Crippen MR) is 41.6 cm³/mol. The van der Waals surface area contributed by atoms with E-state index in [4.69, 9.17) is 9.42 Å². The van der Waals surface area contributed by atoms with E-state index < -0.39 is 13.8 Å². The van der Waals surface area contributed by atoms with Crippen molar-refractivity contribution in [3.05, 3.63) is 0 Å². The zero-order chi connectivity index (χ0) is 8.91. The van der Waals surface area contributed by atoms with E-state index in [1.54, 1.807) is 6.92 Å². The molecule has 2 atom stereocenters. The van der Waals surface area contributed by atoms with Crippen LogP contribution in [0.3, 0.4) is 0 Å². The highest BCUT2D eigenvalue weighted by Gasteiger charge is 2.20. The van der Waals surface area contributed by atoms with Crippen molar-refractivity contribution >= 4 is 13.9 Å². The standard InChI is InChI=1S/C6H13O4P/c1-3-6(2)10-11(8,9)5-4-7/h4,6H,3,5H2,1-2H3,(H,8,9). The average Bonchev–Trinajstić information content (AvgIpc) is 1.86. The molecule has 0 aromatic heterocycles. The minimum Gasteiger partial charge on any atom is -0.324 e. The van der Waals surface area contributed by atoms with Crippen LogP contribution in [0.4, 0.5) is 0 Å². The van der Waals surface area contributed by atoms with Gasteiger partial charge >= 0.3 is 7.60 Å². The molecule has 0 aliphatic rings. The fraction of sp³-hybridized carbons (Fsp3) is 0.833. The molecule has 0 saturated heterocycles. The van der Waals surface area contributed by atoms with Gasteiger partial charge < -0.3 is 14.2 Å². The summed E-state index contributed by atoms with van der Waals surface area (Å²) < 4.78 is 15.6. The predicted octanol–water partition coefficient (Wildman–Crippen LogP) is 1.19. The molecule has 66 valence electrons. The largest absolute Gasteiger partial charge is 0.335 e. The first kappa shape index (κ1) is 10.8. The molecule has 5 heteroatoms. The smallest absolute Gasteiger partial charge is 0.324 e. The number of aldehydes is 1. The van der Waals surface area contributed by atoms with Gasteiger partial charge in [-0.3, -0.25) is 4.57 Å². The maximum atomic E-state index is 10.9.